The van der Waals surface area contributed by atoms with E-state index in [2.05, 4.69) is 38.6 Å². The highest BCUT2D eigenvalue weighted by Crippen LogP contribution is 2.12. The Balaban J connectivity index is 1.62. The van der Waals surface area contributed by atoms with E-state index in [-0.39, 0.29) is 0 Å². The van der Waals surface area contributed by atoms with Crippen molar-refractivity contribution in [1.29, 1.82) is 0 Å². The van der Waals surface area contributed by atoms with Crippen LogP contribution in [-0.4, -0.2) is 35.0 Å². The highest BCUT2D eigenvalue weighted by atomic mass is 79.9. The van der Waals surface area contributed by atoms with Crippen LogP contribution in [0.15, 0.2) is 16.9 Å². The molecule has 4 nitrogen and oxygen atoms in total. The molecular weight excluding hydrogens is 304 g/mol. The van der Waals surface area contributed by atoms with Crippen LogP contribution in [0, 0.1) is 0 Å². The zero-order valence-corrected chi connectivity index (χ0v) is 13.3. The first-order valence-electron chi connectivity index (χ1n) is 7.39. The summed E-state index contributed by atoms with van der Waals surface area (Å²) in [7, 11) is 0. The third-order valence-electron chi connectivity index (χ3n) is 3.74. The lowest BCUT2D eigenvalue weighted by Crippen LogP contribution is -2.37. The molecular formula is C14H25BrN4. The van der Waals surface area contributed by atoms with E-state index in [9.17, 15) is 0 Å². The van der Waals surface area contributed by atoms with Crippen LogP contribution in [0.3, 0.4) is 0 Å². The van der Waals surface area contributed by atoms with E-state index in [0.717, 1.165) is 17.6 Å². The molecule has 1 aromatic heterocycles. The second kappa shape index (κ2) is 8.02. The Kier molecular flexibility index (Phi) is 6.34. The number of rotatable bonds is 6. The molecule has 0 saturated carbocycles. The van der Waals surface area contributed by atoms with Crippen LogP contribution >= 0.6 is 15.9 Å². The van der Waals surface area contributed by atoms with Crippen LogP contribution in [0.2, 0.25) is 0 Å². The van der Waals surface area contributed by atoms with Crippen LogP contribution < -0.4 is 10.6 Å². The Labute approximate surface area is 124 Å². The highest BCUT2D eigenvalue weighted by molar-refractivity contribution is 9.10. The fourth-order valence-electron chi connectivity index (χ4n) is 2.70. The summed E-state index contributed by atoms with van der Waals surface area (Å²) in [5.74, 6) is 0. The summed E-state index contributed by atoms with van der Waals surface area (Å²) in [6.07, 6.45) is 10.5. The van der Waals surface area contributed by atoms with E-state index in [1.807, 2.05) is 17.1 Å². The van der Waals surface area contributed by atoms with Gasteiger partial charge in [-0.1, -0.05) is 12.8 Å². The molecule has 2 rings (SSSR count). The van der Waals surface area contributed by atoms with Gasteiger partial charge in [0.05, 0.1) is 17.2 Å². The Morgan fingerprint density at radius 3 is 3.21 bits per heavy atom. The van der Waals surface area contributed by atoms with Crippen molar-refractivity contribution in [3.63, 3.8) is 0 Å². The van der Waals surface area contributed by atoms with E-state index in [1.165, 1.54) is 38.6 Å². The van der Waals surface area contributed by atoms with E-state index >= 15 is 0 Å². The van der Waals surface area contributed by atoms with Gasteiger partial charge in [-0.15, -0.1) is 0 Å². The topological polar surface area (TPSA) is 41.9 Å². The maximum absolute atomic E-state index is 4.26. The lowest BCUT2D eigenvalue weighted by Gasteiger charge is -2.21. The molecule has 1 aliphatic rings. The minimum absolute atomic E-state index is 0.564. The molecule has 0 spiro atoms. The van der Waals surface area contributed by atoms with E-state index in [1.54, 1.807) is 0 Å². The number of halogens is 1. The van der Waals surface area contributed by atoms with Crippen molar-refractivity contribution in [3.05, 3.63) is 16.9 Å². The minimum Gasteiger partial charge on any atom is -0.314 e. The predicted octanol–water partition coefficient (Wildman–Crippen LogP) is 2.55. The molecule has 108 valence electrons. The number of nitrogens with zero attached hydrogens (tertiary/aromatic N) is 2. The molecule has 1 aliphatic heterocycles. The fraction of sp³-hybridized carbons (Fsp3) is 0.786. The van der Waals surface area contributed by atoms with Crippen molar-refractivity contribution >= 4 is 15.9 Å². The monoisotopic (exact) mass is 328 g/mol. The summed E-state index contributed by atoms with van der Waals surface area (Å²) < 4.78 is 3.01. The molecule has 0 radical (unpaired) electrons. The molecule has 0 amide bonds. The van der Waals surface area contributed by atoms with Crippen LogP contribution in [0.25, 0.3) is 0 Å². The third kappa shape index (κ3) is 5.63. The quantitative estimate of drug-likeness (QED) is 0.843. The Hall–Kier alpha value is -0.390. The van der Waals surface area contributed by atoms with E-state index in [4.69, 9.17) is 0 Å². The first kappa shape index (κ1) is 15.0. The zero-order valence-electron chi connectivity index (χ0n) is 11.7. The van der Waals surface area contributed by atoms with Gasteiger partial charge in [0, 0.05) is 24.8 Å². The number of aromatic nitrogens is 2. The molecule has 0 aromatic carbocycles. The maximum Gasteiger partial charge on any atom is 0.0632 e. The first-order valence-corrected chi connectivity index (χ1v) is 8.18. The predicted molar refractivity (Wildman–Crippen MR) is 82.3 cm³/mol. The number of hydrogen-bond acceptors (Lipinski definition) is 3. The molecule has 2 N–H and O–H groups in total. The van der Waals surface area contributed by atoms with Gasteiger partial charge in [-0.25, -0.2) is 0 Å². The molecule has 1 saturated heterocycles. The highest BCUT2D eigenvalue weighted by Gasteiger charge is 2.14. The summed E-state index contributed by atoms with van der Waals surface area (Å²) in [6.45, 7) is 5.38. The average Bonchev–Trinajstić information content (AvgIpc) is 2.63. The molecule has 5 heteroatoms. The Morgan fingerprint density at radius 1 is 1.53 bits per heavy atom. The largest absolute Gasteiger partial charge is 0.314 e. The molecule has 2 unspecified atom stereocenters. The average molecular weight is 329 g/mol. The molecule has 2 heterocycles. The van der Waals surface area contributed by atoms with Crippen LogP contribution in [0.4, 0.5) is 0 Å². The van der Waals surface area contributed by atoms with Gasteiger partial charge in [0.25, 0.3) is 0 Å². The summed E-state index contributed by atoms with van der Waals surface area (Å²) in [6, 6.07) is 1.26. The van der Waals surface area contributed by atoms with Crippen molar-refractivity contribution in [1.82, 2.24) is 20.4 Å². The zero-order chi connectivity index (χ0) is 13.5. The fourth-order valence-corrected chi connectivity index (χ4v) is 3.03. The standard InChI is InChI=1S/C14H25BrN4/c1-12(9-14-5-3-2-4-6-17-14)16-7-8-19-11-13(15)10-18-19/h10-12,14,16-17H,2-9H2,1H3. The number of nitrogens with one attached hydrogen (secondary N) is 2. The lowest BCUT2D eigenvalue weighted by atomic mass is 10.0. The van der Waals surface area contributed by atoms with Crippen molar-refractivity contribution in [3.8, 4) is 0 Å². The van der Waals surface area contributed by atoms with Gasteiger partial charge in [-0.2, -0.15) is 5.10 Å². The SMILES string of the molecule is CC(CC1CCCCCN1)NCCn1cc(Br)cn1. The summed E-state index contributed by atoms with van der Waals surface area (Å²) in [4.78, 5) is 0. The van der Waals surface area contributed by atoms with Gasteiger partial charge < -0.3 is 10.6 Å². The third-order valence-corrected chi connectivity index (χ3v) is 4.15. The van der Waals surface area contributed by atoms with Gasteiger partial charge in [-0.05, 0) is 48.7 Å². The van der Waals surface area contributed by atoms with Crippen molar-refractivity contribution in [2.24, 2.45) is 0 Å². The van der Waals surface area contributed by atoms with Gasteiger partial charge in [0.2, 0.25) is 0 Å². The van der Waals surface area contributed by atoms with E-state index < -0.39 is 0 Å². The Bertz CT molecular complexity index is 358. The van der Waals surface area contributed by atoms with Crippen molar-refractivity contribution in [2.45, 2.75) is 57.7 Å². The second-order valence-corrected chi connectivity index (χ2v) is 6.43. The second-order valence-electron chi connectivity index (χ2n) is 5.51. The van der Waals surface area contributed by atoms with Gasteiger partial charge >= 0.3 is 0 Å². The van der Waals surface area contributed by atoms with Gasteiger partial charge in [-0.3, -0.25) is 4.68 Å². The molecule has 2 atom stereocenters. The van der Waals surface area contributed by atoms with Crippen molar-refractivity contribution < 1.29 is 0 Å². The molecule has 19 heavy (non-hydrogen) atoms. The van der Waals surface area contributed by atoms with Crippen molar-refractivity contribution in [2.75, 3.05) is 13.1 Å². The van der Waals surface area contributed by atoms with Crippen LogP contribution in [-0.2, 0) is 6.54 Å². The molecule has 0 bridgehead atoms. The lowest BCUT2D eigenvalue weighted by molar-refractivity contribution is 0.395. The minimum atomic E-state index is 0.564. The summed E-state index contributed by atoms with van der Waals surface area (Å²) in [5, 5.41) is 11.5. The maximum atomic E-state index is 4.26. The smallest absolute Gasteiger partial charge is 0.0632 e. The van der Waals surface area contributed by atoms with E-state index in [0.29, 0.717) is 12.1 Å². The summed E-state index contributed by atoms with van der Waals surface area (Å²) >= 11 is 3.41. The molecule has 0 aliphatic carbocycles. The van der Waals surface area contributed by atoms with Gasteiger partial charge in [0.1, 0.15) is 0 Å². The summed E-state index contributed by atoms with van der Waals surface area (Å²) in [5.41, 5.74) is 0. The molecule has 1 fully saturated rings. The first-order chi connectivity index (χ1) is 9.24. The number of hydrogen-bond donors (Lipinski definition) is 2. The normalized spacial score (nSPS) is 22.1. The molecule has 1 aromatic rings. The Morgan fingerprint density at radius 2 is 2.42 bits per heavy atom. The van der Waals surface area contributed by atoms with Crippen LogP contribution in [0.5, 0.6) is 0 Å². The van der Waals surface area contributed by atoms with Gasteiger partial charge in [0.15, 0.2) is 0 Å². The van der Waals surface area contributed by atoms with Crippen LogP contribution in [0.1, 0.15) is 39.0 Å².